The van der Waals surface area contributed by atoms with Crippen molar-refractivity contribution in [1.82, 2.24) is 10.2 Å². The summed E-state index contributed by atoms with van der Waals surface area (Å²) in [6.07, 6.45) is 0. The quantitative estimate of drug-likeness (QED) is 0.631. The maximum absolute atomic E-state index is 12.3. The highest BCUT2D eigenvalue weighted by Crippen LogP contribution is 2.30. The summed E-state index contributed by atoms with van der Waals surface area (Å²) in [5.41, 5.74) is 1.56. The van der Waals surface area contributed by atoms with E-state index in [4.69, 9.17) is 9.15 Å². The van der Waals surface area contributed by atoms with Gasteiger partial charge in [0.1, 0.15) is 5.75 Å². The van der Waals surface area contributed by atoms with Gasteiger partial charge in [-0.2, -0.15) is 0 Å². The first kappa shape index (κ1) is 17.0. The normalized spacial score (nSPS) is 10.5. The maximum atomic E-state index is 12.3. The lowest BCUT2D eigenvalue weighted by Crippen LogP contribution is -2.27. The second kappa shape index (κ2) is 7.85. The number of hydrogen-bond donors (Lipinski definition) is 0. The molecule has 0 aliphatic heterocycles. The third-order valence-electron chi connectivity index (χ3n) is 3.58. The number of carbonyl (C=O) groups is 1. The van der Waals surface area contributed by atoms with Gasteiger partial charge in [0.2, 0.25) is 5.91 Å². The Kier molecular flexibility index (Phi) is 5.35. The first-order chi connectivity index (χ1) is 12.2. The fourth-order valence-corrected chi connectivity index (χ4v) is 2.89. The maximum Gasteiger partial charge on any atom is 0.277 e. The molecule has 0 atom stereocenters. The van der Waals surface area contributed by atoms with E-state index in [2.05, 4.69) is 10.2 Å². The van der Waals surface area contributed by atoms with Crippen LogP contribution in [0.5, 0.6) is 5.75 Å². The molecule has 0 aliphatic rings. The lowest BCUT2D eigenvalue weighted by atomic mass is 10.2. The van der Waals surface area contributed by atoms with Gasteiger partial charge >= 0.3 is 0 Å². The van der Waals surface area contributed by atoms with Gasteiger partial charge in [0.05, 0.1) is 18.4 Å². The molecule has 0 N–H and O–H groups in total. The van der Waals surface area contributed by atoms with Crippen LogP contribution in [-0.4, -0.2) is 36.0 Å². The second-order valence-electron chi connectivity index (χ2n) is 5.15. The van der Waals surface area contributed by atoms with Crippen molar-refractivity contribution in [2.24, 2.45) is 0 Å². The molecule has 0 spiro atoms. The minimum Gasteiger partial charge on any atom is -0.496 e. The van der Waals surface area contributed by atoms with Crippen LogP contribution in [0.4, 0.5) is 5.69 Å². The van der Waals surface area contributed by atoms with Gasteiger partial charge in [0, 0.05) is 12.7 Å². The fraction of sp³-hybridized carbons (Fsp3) is 0.167. The minimum absolute atomic E-state index is 0.0479. The Morgan fingerprint density at radius 2 is 1.84 bits per heavy atom. The van der Waals surface area contributed by atoms with Gasteiger partial charge in [-0.05, 0) is 24.3 Å². The summed E-state index contributed by atoms with van der Waals surface area (Å²) >= 11 is 1.21. The number of nitrogens with zero attached hydrogens (tertiary/aromatic N) is 3. The van der Waals surface area contributed by atoms with Crippen molar-refractivity contribution in [3.8, 4) is 17.2 Å². The van der Waals surface area contributed by atoms with Crippen LogP contribution in [0.3, 0.4) is 0 Å². The van der Waals surface area contributed by atoms with Crippen LogP contribution in [0.2, 0.25) is 0 Å². The van der Waals surface area contributed by atoms with Crippen molar-refractivity contribution < 1.29 is 13.9 Å². The SMILES string of the molecule is COc1ccccc1-c1nnc(SCC(=O)N(C)c2ccccc2)o1. The van der Waals surface area contributed by atoms with Crippen LogP contribution in [0.25, 0.3) is 11.5 Å². The molecule has 0 aliphatic carbocycles. The van der Waals surface area contributed by atoms with Crippen molar-refractivity contribution in [3.05, 3.63) is 54.6 Å². The largest absolute Gasteiger partial charge is 0.496 e. The highest BCUT2D eigenvalue weighted by molar-refractivity contribution is 7.99. The highest BCUT2D eigenvalue weighted by Gasteiger charge is 2.16. The number of benzene rings is 2. The number of thioether (sulfide) groups is 1. The summed E-state index contributed by atoms with van der Waals surface area (Å²) in [5.74, 6) is 1.18. The summed E-state index contributed by atoms with van der Waals surface area (Å²) in [6.45, 7) is 0. The molecule has 128 valence electrons. The zero-order valence-electron chi connectivity index (χ0n) is 13.9. The molecular weight excluding hydrogens is 338 g/mol. The summed E-state index contributed by atoms with van der Waals surface area (Å²) in [4.78, 5) is 13.9. The van der Waals surface area contributed by atoms with Crippen molar-refractivity contribution in [2.75, 3.05) is 24.8 Å². The molecule has 1 aromatic heterocycles. The van der Waals surface area contributed by atoms with Gasteiger partial charge < -0.3 is 14.1 Å². The Labute approximate surface area is 149 Å². The first-order valence-corrected chi connectivity index (χ1v) is 8.59. The molecule has 7 heteroatoms. The Balaban J connectivity index is 1.65. The Morgan fingerprint density at radius 3 is 2.60 bits per heavy atom. The average molecular weight is 355 g/mol. The number of ether oxygens (including phenoxy) is 1. The standard InChI is InChI=1S/C18H17N3O3S/c1-21(13-8-4-3-5-9-13)16(22)12-25-18-20-19-17(24-18)14-10-6-7-11-15(14)23-2/h3-11H,12H2,1-2H3. The van der Waals surface area contributed by atoms with Crippen LogP contribution < -0.4 is 9.64 Å². The van der Waals surface area contributed by atoms with Crippen LogP contribution >= 0.6 is 11.8 Å². The monoisotopic (exact) mass is 355 g/mol. The predicted octanol–water partition coefficient (Wildman–Crippen LogP) is 3.50. The molecule has 3 aromatic rings. The molecule has 1 heterocycles. The van der Waals surface area contributed by atoms with E-state index < -0.39 is 0 Å². The lowest BCUT2D eigenvalue weighted by molar-refractivity contribution is -0.115. The van der Waals surface area contributed by atoms with E-state index >= 15 is 0 Å². The molecule has 0 saturated heterocycles. The fourth-order valence-electron chi connectivity index (χ4n) is 2.21. The zero-order chi connectivity index (χ0) is 17.6. The van der Waals surface area contributed by atoms with E-state index in [1.54, 1.807) is 19.1 Å². The summed E-state index contributed by atoms with van der Waals surface area (Å²) in [6, 6.07) is 16.9. The zero-order valence-corrected chi connectivity index (χ0v) is 14.7. The van der Waals surface area contributed by atoms with Gasteiger partial charge in [-0.25, -0.2) is 0 Å². The van der Waals surface area contributed by atoms with E-state index in [0.29, 0.717) is 16.9 Å². The van der Waals surface area contributed by atoms with Crippen LogP contribution in [0, 0.1) is 0 Å². The first-order valence-electron chi connectivity index (χ1n) is 7.60. The van der Waals surface area contributed by atoms with E-state index in [1.807, 2.05) is 54.6 Å². The van der Waals surface area contributed by atoms with Gasteiger partial charge in [-0.1, -0.05) is 42.1 Å². The van der Waals surface area contributed by atoms with Gasteiger partial charge in [0.25, 0.3) is 11.1 Å². The van der Waals surface area contributed by atoms with Crippen LogP contribution in [-0.2, 0) is 4.79 Å². The second-order valence-corrected chi connectivity index (χ2v) is 6.08. The van der Waals surface area contributed by atoms with E-state index in [1.165, 1.54) is 11.8 Å². The molecule has 0 bridgehead atoms. The average Bonchev–Trinajstić information content (AvgIpc) is 3.15. The predicted molar refractivity (Wildman–Crippen MR) is 96.9 cm³/mol. The minimum atomic E-state index is -0.0479. The number of hydrogen-bond acceptors (Lipinski definition) is 6. The van der Waals surface area contributed by atoms with Crippen molar-refractivity contribution in [1.29, 1.82) is 0 Å². The summed E-state index contributed by atoms with van der Waals surface area (Å²) < 4.78 is 10.9. The van der Waals surface area contributed by atoms with Gasteiger partial charge in [-0.3, -0.25) is 4.79 Å². The Bertz CT molecular complexity index is 852. The highest BCUT2D eigenvalue weighted by atomic mass is 32.2. The third kappa shape index (κ3) is 4.00. The van der Waals surface area contributed by atoms with Crippen molar-refractivity contribution in [2.45, 2.75) is 5.22 Å². The molecule has 6 nitrogen and oxygen atoms in total. The van der Waals surface area contributed by atoms with Gasteiger partial charge in [-0.15, -0.1) is 10.2 Å². The molecule has 3 rings (SSSR count). The Morgan fingerprint density at radius 1 is 1.12 bits per heavy atom. The molecule has 0 saturated carbocycles. The smallest absolute Gasteiger partial charge is 0.277 e. The molecule has 0 unspecified atom stereocenters. The number of carbonyl (C=O) groups excluding carboxylic acids is 1. The molecule has 2 aromatic carbocycles. The van der Waals surface area contributed by atoms with Crippen LogP contribution in [0.15, 0.2) is 64.2 Å². The van der Waals surface area contributed by atoms with E-state index in [0.717, 1.165) is 11.3 Å². The van der Waals surface area contributed by atoms with Crippen molar-refractivity contribution in [3.63, 3.8) is 0 Å². The Hall–Kier alpha value is -2.80. The molecule has 0 radical (unpaired) electrons. The molecule has 25 heavy (non-hydrogen) atoms. The number of anilines is 1. The molecule has 1 amide bonds. The van der Waals surface area contributed by atoms with E-state index in [-0.39, 0.29) is 11.7 Å². The molecule has 0 fully saturated rings. The lowest BCUT2D eigenvalue weighted by Gasteiger charge is -2.16. The topological polar surface area (TPSA) is 68.5 Å². The van der Waals surface area contributed by atoms with E-state index in [9.17, 15) is 4.79 Å². The number of aromatic nitrogens is 2. The number of para-hydroxylation sites is 2. The number of methoxy groups -OCH3 is 1. The summed E-state index contributed by atoms with van der Waals surface area (Å²) in [7, 11) is 3.33. The summed E-state index contributed by atoms with van der Waals surface area (Å²) in [5, 5.41) is 8.37. The molecular formula is C18H17N3O3S. The number of amides is 1. The van der Waals surface area contributed by atoms with Crippen molar-refractivity contribution >= 4 is 23.4 Å². The number of rotatable bonds is 6. The van der Waals surface area contributed by atoms with Gasteiger partial charge in [0.15, 0.2) is 0 Å². The third-order valence-corrected chi connectivity index (χ3v) is 4.38. The van der Waals surface area contributed by atoms with Crippen LogP contribution in [0.1, 0.15) is 0 Å².